The summed E-state index contributed by atoms with van der Waals surface area (Å²) < 4.78 is 10.4. The highest BCUT2D eigenvalue weighted by Crippen LogP contribution is 2.52. The first kappa shape index (κ1) is 16.1. The summed E-state index contributed by atoms with van der Waals surface area (Å²) in [6.07, 6.45) is 0. The second-order valence-corrected chi connectivity index (χ2v) is 5.78. The number of benzene rings is 1. The van der Waals surface area contributed by atoms with Gasteiger partial charge in [-0.1, -0.05) is 11.6 Å². The zero-order chi connectivity index (χ0) is 17.5. The summed E-state index contributed by atoms with van der Waals surface area (Å²) in [5, 5.41) is 19.6. The van der Waals surface area contributed by atoms with Gasteiger partial charge in [-0.15, -0.1) is 0 Å². The first-order valence-electron chi connectivity index (χ1n) is 7.27. The van der Waals surface area contributed by atoms with E-state index in [1.165, 1.54) is 11.0 Å². The zero-order valence-electron chi connectivity index (χ0n) is 12.7. The van der Waals surface area contributed by atoms with Crippen LogP contribution in [-0.4, -0.2) is 31.6 Å². The lowest BCUT2D eigenvalue weighted by Gasteiger charge is -2.26. The minimum atomic E-state index is -2.00. The Morgan fingerprint density at radius 2 is 2.29 bits per heavy atom. The quantitative estimate of drug-likeness (QED) is 0.770. The Balaban J connectivity index is 2.28. The highest BCUT2D eigenvalue weighted by atomic mass is 35.5. The Morgan fingerprint density at radius 1 is 1.54 bits per heavy atom. The number of esters is 1. The van der Waals surface area contributed by atoms with Crippen molar-refractivity contribution >= 4 is 29.2 Å². The molecule has 2 heterocycles. The third-order valence-corrected chi connectivity index (χ3v) is 4.37. The molecule has 0 saturated heterocycles. The van der Waals surface area contributed by atoms with E-state index in [1.54, 1.807) is 19.1 Å². The fraction of sp³-hybridized carbons (Fsp3) is 0.375. The van der Waals surface area contributed by atoms with Crippen LogP contribution in [0.25, 0.3) is 0 Å². The van der Waals surface area contributed by atoms with Gasteiger partial charge in [-0.2, -0.15) is 10.5 Å². The van der Waals surface area contributed by atoms with Crippen LogP contribution in [0.2, 0.25) is 5.02 Å². The zero-order valence-corrected chi connectivity index (χ0v) is 13.5. The second-order valence-electron chi connectivity index (χ2n) is 5.34. The number of nitriles is 2. The van der Waals surface area contributed by atoms with Gasteiger partial charge in [0.15, 0.2) is 11.3 Å². The minimum Gasteiger partial charge on any atom is -0.489 e. The molecule has 7 nitrogen and oxygen atoms in total. The molecule has 24 heavy (non-hydrogen) atoms. The molecule has 2 aliphatic heterocycles. The lowest BCUT2D eigenvalue weighted by molar-refractivity contribution is -0.149. The van der Waals surface area contributed by atoms with E-state index >= 15 is 0 Å². The topological polar surface area (TPSA) is 103 Å². The van der Waals surface area contributed by atoms with Crippen molar-refractivity contribution in [1.29, 1.82) is 10.5 Å². The fourth-order valence-corrected chi connectivity index (χ4v) is 3.36. The summed E-state index contributed by atoms with van der Waals surface area (Å²) in [5.74, 6) is -2.78. The maximum atomic E-state index is 13.0. The summed E-state index contributed by atoms with van der Waals surface area (Å²) in [4.78, 5) is 26.6. The summed E-state index contributed by atoms with van der Waals surface area (Å²) >= 11 is 6.08. The van der Waals surface area contributed by atoms with E-state index in [4.69, 9.17) is 21.1 Å². The third-order valence-electron chi connectivity index (χ3n) is 4.15. The summed E-state index contributed by atoms with van der Waals surface area (Å²) in [5.41, 5.74) is -1.40. The predicted octanol–water partition coefficient (Wildman–Crippen LogP) is 1.54. The van der Waals surface area contributed by atoms with Crippen LogP contribution >= 0.6 is 11.6 Å². The van der Waals surface area contributed by atoms with Gasteiger partial charge in [-0.3, -0.25) is 9.59 Å². The average Bonchev–Trinajstić information content (AvgIpc) is 2.80. The molecule has 1 aromatic rings. The third kappa shape index (κ3) is 1.95. The molecule has 2 unspecified atom stereocenters. The number of ether oxygens (including phenoxy) is 2. The first-order chi connectivity index (χ1) is 11.5. The van der Waals surface area contributed by atoms with Gasteiger partial charge in [0.25, 0.3) is 5.91 Å². The molecule has 0 aromatic heterocycles. The summed E-state index contributed by atoms with van der Waals surface area (Å²) in [6, 6.07) is 6.63. The van der Waals surface area contributed by atoms with Gasteiger partial charge in [0.1, 0.15) is 12.4 Å². The molecule has 0 radical (unpaired) electrons. The Labute approximate surface area is 142 Å². The molecule has 1 aromatic carbocycles. The molecule has 0 aliphatic carbocycles. The lowest BCUT2D eigenvalue weighted by Crippen LogP contribution is -2.48. The van der Waals surface area contributed by atoms with Crippen molar-refractivity contribution in [3.05, 3.63) is 22.7 Å². The van der Waals surface area contributed by atoms with Gasteiger partial charge < -0.3 is 14.4 Å². The van der Waals surface area contributed by atoms with Crippen molar-refractivity contribution in [2.45, 2.75) is 12.3 Å². The van der Waals surface area contributed by atoms with Crippen LogP contribution in [-0.2, 0) is 19.7 Å². The SMILES string of the molecule is CCOC(=O)C(C#N)C1(C#N)C(=O)N2CCOc3cc(Cl)cc1c32. The van der Waals surface area contributed by atoms with E-state index in [2.05, 4.69) is 0 Å². The molecule has 0 N–H and O–H groups in total. The predicted molar refractivity (Wildman–Crippen MR) is 82.3 cm³/mol. The highest BCUT2D eigenvalue weighted by Gasteiger charge is 2.61. The van der Waals surface area contributed by atoms with Crippen molar-refractivity contribution in [1.82, 2.24) is 0 Å². The molecule has 2 aliphatic rings. The molecule has 0 saturated carbocycles. The molecule has 8 heteroatoms. The van der Waals surface area contributed by atoms with E-state index in [0.717, 1.165) is 0 Å². The number of carbonyl (C=O) groups is 2. The lowest BCUT2D eigenvalue weighted by atomic mass is 9.72. The normalized spacial score (nSPS) is 22.0. The second kappa shape index (κ2) is 5.70. The fourth-order valence-electron chi connectivity index (χ4n) is 3.16. The molecular weight excluding hydrogens is 334 g/mol. The van der Waals surface area contributed by atoms with Crippen LogP contribution in [0.15, 0.2) is 12.1 Å². The van der Waals surface area contributed by atoms with Crippen LogP contribution in [0.4, 0.5) is 5.69 Å². The van der Waals surface area contributed by atoms with Crippen molar-refractivity contribution in [3.8, 4) is 17.9 Å². The van der Waals surface area contributed by atoms with Crippen LogP contribution in [0.3, 0.4) is 0 Å². The molecule has 1 amide bonds. The highest BCUT2D eigenvalue weighted by molar-refractivity contribution is 6.31. The van der Waals surface area contributed by atoms with Gasteiger partial charge in [0.2, 0.25) is 0 Å². The molecule has 3 rings (SSSR count). The van der Waals surface area contributed by atoms with E-state index in [0.29, 0.717) is 11.4 Å². The maximum Gasteiger partial charge on any atom is 0.325 e. The summed E-state index contributed by atoms with van der Waals surface area (Å²) in [7, 11) is 0. The van der Waals surface area contributed by atoms with Crippen LogP contribution in [0, 0.1) is 28.6 Å². The number of hydrogen-bond acceptors (Lipinski definition) is 6. The monoisotopic (exact) mass is 345 g/mol. The first-order valence-corrected chi connectivity index (χ1v) is 7.65. The molecule has 0 spiro atoms. The Hall–Kier alpha value is -2.77. The largest absolute Gasteiger partial charge is 0.489 e. The number of nitrogens with zero attached hydrogens (tertiary/aromatic N) is 3. The molecular formula is C16H12ClN3O4. The number of halogens is 1. The maximum absolute atomic E-state index is 13.0. The van der Waals surface area contributed by atoms with Gasteiger partial charge in [-0.05, 0) is 13.0 Å². The molecule has 122 valence electrons. The minimum absolute atomic E-state index is 0.0349. The standard InChI is InChI=1S/C16H12ClN3O4/c1-2-23-14(21)11(7-18)16(8-19)10-5-9(17)6-12-13(10)20(15(16)22)3-4-24-12/h5-6,11H,2-4H2,1H3. The molecule has 0 fully saturated rings. The Bertz CT molecular complexity index is 826. The average molecular weight is 346 g/mol. The summed E-state index contributed by atoms with van der Waals surface area (Å²) in [6.45, 7) is 2.08. The van der Waals surface area contributed by atoms with Crippen LogP contribution in [0.5, 0.6) is 5.75 Å². The smallest absolute Gasteiger partial charge is 0.325 e. The Morgan fingerprint density at radius 3 is 2.92 bits per heavy atom. The van der Waals surface area contributed by atoms with Crippen molar-refractivity contribution in [3.63, 3.8) is 0 Å². The van der Waals surface area contributed by atoms with Crippen molar-refractivity contribution in [2.75, 3.05) is 24.7 Å². The number of carbonyl (C=O) groups excluding carboxylic acids is 2. The number of amides is 1. The number of hydrogen-bond donors (Lipinski definition) is 0. The molecule has 2 atom stereocenters. The number of anilines is 1. The Kier molecular flexibility index (Phi) is 3.82. The van der Waals surface area contributed by atoms with Crippen LogP contribution < -0.4 is 9.64 Å². The van der Waals surface area contributed by atoms with Crippen LogP contribution in [0.1, 0.15) is 12.5 Å². The van der Waals surface area contributed by atoms with Gasteiger partial charge in [-0.25, -0.2) is 0 Å². The van der Waals surface area contributed by atoms with Crippen molar-refractivity contribution < 1.29 is 19.1 Å². The van der Waals surface area contributed by atoms with Gasteiger partial charge in [0.05, 0.1) is 31.0 Å². The number of rotatable bonds is 3. The van der Waals surface area contributed by atoms with E-state index in [9.17, 15) is 20.1 Å². The van der Waals surface area contributed by atoms with Crippen molar-refractivity contribution in [2.24, 2.45) is 5.92 Å². The van der Waals surface area contributed by atoms with E-state index < -0.39 is 23.2 Å². The van der Waals surface area contributed by atoms with Gasteiger partial charge >= 0.3 is 5.97 Å². The van der Waals surface area contributed by atoms with Gasteiger partial charge in [0, 0.05) is 16.7 Å². The van der Waals surface area contributed by atoms with E-state index in [1.807, 2.05) is 6.07 Å². The van der Waals surface area contributed by atoms with E-state index in [-0.39, 0.29) is 30.3 Å². The molecule has 0 bridgehead atoms.